The summed E-state index contributed by atoms with van der Waals surface area (Å²) in [6.07, 6.45) is 2.45. The molecule has 2 aromatic carbocycles. The highest BCUT2D eigenvalue weighted by Gasteiger charge is 2.12. The molecule has 0 bridgehead atoms. The van der Waals surface area contributed by atoms with Crippen LogP contribution < -0.4 is 10.2 Å². The van der Waals surface area contributed by atoms with Crippen LogP contribution in [0, 0.1) is 5.82 Å². The first kappa shape index (κ1) is 16.8. The summed E-state index contributed by atoms with van der Waals surface area (Å²) < 4.78 is 19.0. The third-order valence-electron chi connectivity index (χ3n) is 3.49. The lowest BCUT2D eigenvalue weighted by molar-refractivity contribution is 0.137. The minimum absolute atomic E-state index is 0.306. The molecule has 2 rings (SSSR count). The molecule has 0 heterocycles. The molecule has 0 atom stereocenters. The third kappa shape index (κ3) is 3.79. The van der Waals surface area contributed by atoms with Crippen molar-refractivity contribution in [2.45, 2.75) is 6.42 Å². The van der Waals surface area contributed by atoms with Gasteiger partial charge in [0, 0.05) is 5.56 Å². The second kappa shape index (κ2) is 7.61. The number of nitrogens with one attached hydrogen (secondary N) is 1. The molecule has 0 spiro atoms. The number of benzene rings is 2. The molecule has 3 nitrogen and oxygen atoms in total. The molecule has 120 valence electrons. The molecule has 1 N–H and O–H groups in total. The number of allylic oxidation sites excluding steroid dienone is 1. The summed E-state index contributed by atoms with van der Waals surface area (Å²) in [5.41, 5.74) is 6.87. The Morgan fingerprint density at radius 1 is 1.17 bits per heavy atom. The second-order valence-electron chi connectivity index (χ2n) is 4.99. The van der Waals surface area contributed by atoms with Gasteiger partial charge in [-0.05, 0) is 47.4 Å². The van der Waals surface area contributed by atoms with Gasteiger partial charge in [0.15, 0.2) is 0 Å². The van der Waals surface area contributed by atoms with Gasteiger partial charge >= 0.3 is 0 Å². The van der Waals surface area contributed by atoms with E-state index in [0.29, 0.717) is 23.4 Å². The molecule has 0 aromatic heterocycles. The van der Waals surface area contributed by atoms with Crippen molar-refractivity contribution in [2.24, 2.45) is 0 Å². The van der Waals surface area contributed by atoms with Gasteiger partial charge in [-0.25, -0.2) is 4.39 Å². The van der Waals surface area contributed by atoms with E-state index in [-0.39, 0.29) is 5.82 Å². The van der Waals surface area contributed by atoms with Crippen LogP contribution in [0.15, 0.2) is 55.6 Å². The van der Waals surface area contributed by atoms with Crippen LogP contribution in [0.25, 0.3) is 16.8 Å². The van der Waals surface area contributed by atoms with E-state index in [2.05, 4.69) is 18.6 Å². The molecule has 23 heavy (non-hydrogen) atoms. The topological polar surface area (TPSA) is 30.5 Å². The number of hydrogen-bond donors (Lipinski definition) is 1. The fraction of sp³-hybridized carbons (Fsp3) is 0.158. The fourth-order valence-corrected chi connectivity index (χ4v) is 2.44. The molecule has 0 unspecified atom stereocenters. The highest BCUT2D eigenvalue weighted by atomic mass is 19.1. The summed E-state index contributed by atoms with van der Waals surface area (Å²) in [6.45, 7) is 7.71. The lowest BCUT2D eigenvalue weighted by atomic mass is 9.94. The lowest BCUT2D eigenvalue weighted by Gasteiger charge is -2.15. The van der Waals surface area contributed by atoms with Crippen molar-refractivity contribution in [3.63, 3.8) is 0 Å². The molecule has 0 aliphatic rings. The maximum Gasteiger partial charge on any atom is 0.126 e. The number of hydroxylamine groups is 1. The molecule has 0 amide bonds. The van der Waals surface area contributed by atoms with Crippen LogP contribution in [0.1, 0.15) is 11.1 Å². The molecular formula is C19H20FNO2. The summed E-state index contributed by atoms with van der Waals surface area (Å²) in [6, 6.07) is 10.3. The second-order valence-corrected chi connectivity index (χ2v) is 4.99. The molecule has 0 radical (unpaired) electrons. The highest BCUT2D eigenvalue weighted by molar-refractivity contribution is 5.76. The van der Waals surface area contributed by atoms with E-state index in [4.69, 9.17) is 9.57 Å². The quantitative estimate of drug-likeness (QED) is 0.609. The normalized spacial score (nSPS) is 10.2. The van der Waals surface area contributed by atoms with E-state index < -0.39 is 0 Å². The van der Waals surface area contributed by atoms with Crippen LogP contribution >= 0.6 is 0 Å². The summed E-state index contributed by atoms with van der Waals surface area (Å²) in [4.78, 5) is 4.89. The van der Waals surface area contributed by atoms with Gasteiger partial charge in [-0.3, -0.25) is 10.3 Å². The van der Waals surface area contributed by atoms with Gasteiger partial charge in [0.05, 0.1) is 19.9 Å². The summed E-state index contributed by atoms with van der Waals surface area (Å²) in [7, 11) is 3.10. The minimum Gasteiger partial charge on any atom is -0.496 e. The molecule has 0 aliphatic heterocycles. The van der Waals surface area contributed by atoms with Crippen LogP contribution in [0.2, 0.25) is 0 Å². The van der Waals surface area contributed by atoms with Gasteiger partial charge in [-0.2, -0.15) is 0 Å². The number of rotatable bonds is 7. The average Bonchev–Trinajstić information content (AvgIpc) is 2.55. The predicted octanol–water partition coefficient (Wildman–Crippen LogP) is 4.35. The van der Waals surface area contributed by atoms with Crippen molar-refractivity contribution in [1.29, 1.82) is 0 Å². The van der Waals surface area contributed by atoms with Crippen molar-refractivity contribution >= 4 is 5.70 Å². The average molecular weight is 313 g/mol. The first-order valence-corrected chi connectivity index (χ1v) is 7.16. The zero-order valence-corrected chi connectivity index (χ0v) is 13.4. The van der Waals surface area contributed by atoms with Gasteiger partial charge in [-0.15, -0.1) is 6.58 Å². The molecule has 0 saturated heterocycles. The predicted molar refractivity (Wildman–Crippen MR) is 91.5 cm³/mol. The summed E-state index contributed by atoms with van der Waals surface area (Å²) in [5.74, 6) is 0.318. The van der Waals surface area contributed by atoms with Crippen LogP contribution in [-0.4, -0.2) is 14.2 Å². The molecule has 0 saturated carbocycles. The van der Waals surface area contributed by atoms with E-state index in [1.165, 1.54) is 19.2 Å². The van der Waals surface area contributed by atoms with E-state index >= 15 is 0 Å². The van der Waals surface area contributed by atoms with E-state index in [9.17, 15) is 4.39 Å². The van der Waals surface area contributed by atoms with Crippen LogP contribution in [-0.2, 0) is 11.3 Å². The Morgan fingerprint density at radius 2 is 1.96 bits per heavy atom. The molecule has 0 fully saturated rings. The van der Waals surface area contributed by atoms with E-state index in [0.717, 1.165) is 16.7 Å². The van der Waals surface area contributed by atoms with E-state index in [1.807, 2.05) is 18.2 Å². The lowest BCUT2D eigenvalue weighted by Crippen LogP contribution is -2.09. The zero-order valence-electron chi connectivity index (χ0n) is 13.4. The fourth-order valence-electron chi connectivity index (χ4n) is 2.44. The first-order valence-electron chi connectivity index (χ1n) is 7.16. The van der Waals surface area contributed by atoms with Crippen molar-refractivity contribution < 1.29 is 14.0 Å². The number of halogens is 1. The molecule has 0 aliphatic carbocycles. The standard InChI is InChI=1S/C19H20FNO2/c1-5-6-15-11-14(13(2)21-23-4)7-9-17(15)18-12-16(20)8-10-19(18)22-3/h5,7-12,21H,1-2,6H2,3-4H3. The van der Waals surface area contributed by atoms with Crippen molar-refractivity contribution in [1.82, 2.24) is 5.48 Å². The number of ether oxygens (including phenoxy) is 1. The van der Waals surface area contributed by atoms with Crippen LogP contribution in [0.5, 0.6) is 5.75 Å². The Morgan fingerprint density at radius 3 is 2.61 bits per heavy atom. The SMILES string of the molecule is C=CCc1cc(C(=C)NOC)ccc1-c1cc(F)ccc1OC. The Kier molecular flexibility index (Phi) is 5.55. The maximum atomic E-state index is 13.7. The first-order chi connectivity index (χ1) is 11.1. The zero-order chi connectivity index (χ0) is 16.8. The smallest absolute Gasteiger partial charge is 0.126 e. The Balaban J connectivity index is 2.56. The van der Waals surface area contributed by atoms with Gasteiger partial charge in [0.1, 0.15) is 11.6 Å². The molecular weight excluding hydrogens is 293 g/mol. The van der Waals surface area contributed by atoms with Gasteiger partial charge < -0.3 is 4.74 Å². The number of hydrogen-bond acceptors (Lipinski definition) is 3. The Hall–Kier alpha value is -2.59. The van der Waals surface area contributed by atoms with Crippen molar-refractivity contribution in [3.05, 3.63) is 72.6 Å². The summed E-state index contributed by atoms with van der Waals surface area (Å²) in [5, 5.41) is 0. The molecule has 2 aromatic rings. The highest BCUT2D eigenvalue weighted by Crippen LogP contribution is 2.34. The van der Waals surface area contributed by atoms with Gasteiger partial charge in [0.25, 0.3) is 0 Å². The number of methoxy groups -OCH3 is 1. The Labute approximate surface area is 136 Å². The van der Waals surface area contributed by atoms with Crippen LogP contribution in [0.4, 0.5) is 4.39 Å². The summed E-state index contributed by atoms with van der Waals surface area (Å²) >= 11 is 0. The minimum atomic E-state index is -0.306. The van der Waals surface area contributed by atoms with Gasteiger partial charge in [-0.1, -0.05) is 24.8 Å². The maximum absolute atomic E-state index is 13.7. The Bertz CT molecular complexity index is 725. The third-order valence-corrected chi connectivity index (χ3v) is 3.49. The van der Waals surface area contributed by atoms with Crippen molar-refractivity contribution in [2.75, 3.05) is 14.2 Å². The van der Waals surface area contributed by atoms with Gasteiger partial charge in [0.2, 0.25) is 0 Å². The van der Waals surface area contributed by atoms with E-state index in [1.54, 1.807) is 19.3 Å². The largest absolute Gasteiger partial charge is 0.496 e. The molecule has 4 heteroatoms. The monoisotopic (exact) mass is 313 g/mol. The van der Waals surface area contributed by atoms with Crippen LogP contribution in [0.3, 0.4) is 0 Å². The van der Waals surface area contributed by atoms with Crippen molar-refractivity contribution in [3.8, 4) is 16.9 Å².